The first-order valence-corrected chi connectivity index (χ1v) is 4.19. The second kappa shape index (κ2) is 4.38. The van der Waals surface area contributed by atoms with Crippen LogP contribution in [0.5, 0.6) is 0 Å². The second-order valence-corrected chi connectivity index (χ2v) is 3.01. The van der Waals surface area contributed by atoms with Crippen LogP contribution in [-0.2, 0) is 0 Å². The van der Waals surface area contributed by atoms with Crippen molar-refractivity contribution in [3.8, 4) is 12.3 Å². The van der Waals surface area contributed by atoms with E-state index in [0.29, 0.717) is 12.5 Å². The predicted octanol–water partition coefficient (Wildman–Crippen LogP) is 0.513. The van der Waals surface area contributed by atoms with Crippen molar-refractivity contribution < 1.29 is 5.11 Å². The smallest absolute Gasteiger partial charge is 0.0702 e. The average Bonchev–Trinajstić information content (AvgIpc) is 2.52. The molecule has 2 nitrogen and oxygen atoms in total. The molecule has 0 spiro atoms. The van der Waals surface area contributed by atoms with Gasteiger partial charge in [-0.2, -0.15) is 0 Å². The Bertz CT molecular complexity index is 144. The number of nitrogens with one attached hydrogen (secondary N) is 1. The molecule has 2 unspecified atom stereocenters. The number of rotatable bonds is 3. The lowest BCUT2D eigenvalue weighted by molar-refractivity contribution is 0.128. The zero-order valence-electron chi connectivity index (χ0n) is 6.71. The molecule has 62 valence electrons. The van der Waals surface area contributed by atoms with Crippen LogP contribution in [0.4, 0.5) is 0 Å². The summed E-state index contributed by atoms with van der Waals surface area (Å²) < 4.78 is 0. The number of hydrogen-bond acceptors (Lipinski definition) is 2. The Labute approximate surface area is 68.0 Å². The van der Waals surface area contributed by atoms with Crippen molar-refractivity contribution >= 4 is 0 Å². The molecule has 1 rings (SSSR count). The third-order valence-corrected chi connectivity index (χ3v) is 2.15. The van der Waals surface area contributed by atoms with Gasteiger partial charge in [0.1, 0.15) is 0 Å². The number of hydrogen-bond donors (Lipinski definition) is 2. The Kier molecular flexibility index (Phi) is 3.41. The fraction of sp³-hybridized carbons (Fsp3) is 0.778. The van der Waals surface area contributed by atoms with E-state index in [0.717, 1.165) is 19.4 Å². The van der Waals surface area contributed by atoms with Crippen molar-refractivity contribution in [2.75, 3.05) is 6.54 Å². The summed E-state index contributed by atoms with van der Waals surface area (Å²) in [6.45, 7) is 1.04. The molecule has 0 bridgehead atoms. The third-order valence-electron chi connectivity index (χ3n) is 2.15. The molecule has 2 atom stereocenters. The summed E-state index contributed by atoms with van der Waals surface area (Å²) in [7, 11) is 0. The molecule has 1 heterocycles. The van der Waals surface area contributed by atoms with E-state index in [9.17, 15) is 5.11 Å². The van der Waals surface area contributed by atoms with Crippen LogP contribution in [0.25, 0.3) is 0 Å². The summed E-state index contributed by atoms with van der Waals surface area (Å²) in [6, 6.07) is 0.295. The molecule has 0 aromatic rings. The SMILES string of the molecule is C#CCCC(O)C1CCCN1. The van der Waals surface area contributed by atoms with E-state index in [4.69, 9.17) is 6.42 Å². The highest BCUT2D eigenvalue weighted by atomic mass is 16.3. The van der Waals surface area contributed by atoms with Gasteiger partial charge in [0.05, 0.1) is 6.10 Å². The Morgan fingerprint density at radius 2 is 2.55 bits per heavy atom. The number of terminal acetylenes is 1. The highest BCUT2D eigenvalue weighted by Gasteiger charge is 2.21. The van der Waals surface area contributed by atoms with Gasteiger partial charge in [-0.1, -0.05) is 0 Å². The molecule has 0 saturated carbocycles. The van der Waals surface area contributed by atoms with E-state index in [1.54, 1.807) is 0 Å². The van der Waals surface area contributed by atoms with Gasteiger partial charge in [0.25, 0.3) is 0 Å². The van der Waals surface area contributed by atoms with Crippen LogP contribution in [0.3, 0.4) is 0 Å². The molecule has 0 amide bonds. The summed E-state index contributed by atoms with van der Waals surface area (Å²) in [5.74, 6) is 2.53. The lowest BCUT2D eigenvalue weighted by Gasteiger charge is -2.16. The molecule has 1 saturated heterocycles. The van der Waals surface area contributed by atoms with Crippen molar-refractivity contribution in [1.82, 2.24) is 5.32 Å². The maximum absolute atomic E-state index is 9.52. The van der Waals surface area contributed by atoms with Gasteiger partial charge in [0.15, 0.2) is 0 Å². The van der Waals surface area contributed by atoms with Crippen molar-refractivity contribution in [1.29, 1.82) is 0 Å². The summed E-state index contributed by atoms with van der Waals surface area (Å²) in [6.07, 6.45) is 8.53. The predicted molar refractivity (Wildman–Crippen MR) is 45.1 cm³/mol. The molecule has 2 heteroatoms. The van der Waals surface area contributed by atoms with E-state index in [1.807, 2.05) is 0 Å². The Morgan fingerprint density at radius 1 is 1.73 bits per heavy atom. The standard InChI is InChI=1S/C9H15NO/c1-2-3-6-9(11)8-5-4-7-10-8/h1,8-11H,3-7H2. The normalized spacial score (nSPS) is 26.4. The fourth-order valence-corrected chi connectivity index (χ4v) is 1.47. The van der Waals surface area contributed by atoms with Crippen LogP contribution in [0, 0.1) is 12.3 Å². The number of aliphatic hydroxyl groups is 1. The minimum atomic E-state index is -0.242. The van der Waals surface area contributed by atoms with E-state index in [2.05, 4.69) is 11.2 Å². The quantitative estimate of drug-likeness (QED) is 0.579. The van der Waals surface area contributed by atoms with Gasteiger partial charge in [-0.15, -0.1) is 12.3 Å². The van der Waals surface area contributed by atoms with Crippen molar-refractivity contribution in [2.24, 2.45) is 0 Å². The molecule has 0 aromatic carbocycles. The Morgan fingerprint density at radius 3 is 3.09 bits per heavy atom. The molecular weight excluding hydrogens is 138 g/mol. The third kappa shape index (κ3) is 2.53. The lowest BCUT2D eigenvalue weighted by atomic mass is 10.1. The molecule has 0 aromatic heterocycles. The van der Waals surface area contributed by atoms with Gasteiger partial charge >= 0.3 is 0 Å². The largest absolute Gasteiger partial charge is 0.391 e. The van der Waals surface area contributed by atoms with Crippen LogP contribution in [0.2, 0.25) is 0 Å². The maximum Gasteiger partial charge on any atom is 0.0702 e. The van der Waals surface area contributed by atoms with Crippen LogP contribution < -0.4 is 5.32 Å². The summed E-state index contributed by atoms with van der Waals surface area (Å²) in [4.78, 5) is 0. The van der Waals surface area contributed by atoms with E-state index in [-0.39, 0.29) is 6.10 Å². The van der Waals surface area contributed by atoms with Crippen molar-refractivity contribution in [2.45, 2.75) is 37.8 Å². The Balaban J connectivity index is 2.18. The Hall–Kier alpha value is -0.520. The van der Waals surface area contributed by atoms with Crippen molar-refractivity contribution in [3.05, 3.63) is 0 Å². The van der Waals surface area contributed by atoms with Gasteiger partial charge in [-0.05, 0) is 25.8 Å². The average molecular weight is 153 g/mol. The first-order valence-electron chi connectivity index (χ1n) is 4.19. The summed E-state index contributed by atoms with van der Waals surface area (Å²) in [5, 5.41) is 12.8. The molecule has 1 aliphatic rings. The van der Waals surface area contributed by atoms with E-state index >= 15 is 0 Å². The molecular formula is C9H15NO. The highest BCUT2D eigenvalue weighted by molar-refractivity contribution is 4.88. The molecule has 11 heavy (non-hydrogen) atoms. The zero-order valence-corrected chi connectivity index (χ0v) is 6.71. The van der Waals surface area contributed by atoms with Gasteiger partial charge < -0.3 is 10.4 Å². The van der Waals surface area contributed by atoms with Crippen LogP contribution in [-0.4, -0.2) is 23.8 Å². The minimum Gasteiger partial charge on any atom is -0.391 e. The van der Waals surface area contributed by atoms with Crippen LogP contribution in [0.15, 0.2) is 0 Å². The molecule has 1 aliphatic heterocycles. The van der Waals surface area contributed by atoms with E-state index < -0.39 is 0 Å². The van der Waals surface area contributed by atoms with Crippen LogP contribution >= 0.6 is 0 Å². The topological polar surface area (TPSA) is 32.3 Å². The maximum atomic E-state index is 9.52. The summed E-state index contributed by atoms with van der Waals surface area (Å²) in [5.41, 5.74) is 0. The van der Waals surface area contributed by atoms with Gasteiger partial charge in [-0.3, -0.25) is 0 Å². The van der Waals surface area contributed by atoms with E-state index in [1.165, 1.54) is 6.42 Å². The van der Waals surface area contributed by atoms with Gasteiger partial charge in [0, 0.05) is 12.5 Å². The van der Waals surface area contributed by atoms with Crippen LogP contribution in [0.1, 0.15) is 25.7 Å². The zero-order chi connectivity index (χ0) is 8.10. The summed E-state index contributed by atoms with van der Waals surface area (Å²) >= 11 is 0. The lowest BCUT2D eigenvalue weighted by Crippen LogP contribution is -2.34. The highest BCUT2D eigenvalue weighted by Crippen LogP contribution is 2.12. The van der Waals surface area contributed by atoms with Crippen molar-refractivity contribution in [3.63, 3.8) is 0 Å². The monoisotopic (exact) mass is 153 g/mol. The minimum absolute atomic E-state index is 0.242. The molecule has 0 aliphatic carbocycles. The first-order chi connectivity index (χ1) is 5.34. The first kappa shape index (κ1) is 8.58. The number of aliphatic hydroxyl groups excluding tert-OH is 1. The molecule has 2 N–H and O–H groups in total. The molecule has 1 fully saturated rings. The second-order valence-electron chi connectivity index (χ2n) is 3.01. The fourth-order valence-electron chi connectivity index (χ4n) is 1.47. The van der Waals surface area contributed by atoms with Gasteiger partial charge in [-0.25, -0.2) is 0 Å². The van der Waals surface area contributed by atoms with Gasteiger partial charge in [0.2, 0.25) is 0 Å². The molecule has 0 radical (unpaired) electrons.